The van der Waals surface area contributed by atoms with Gasteiger partial charge in [0.05, 0.1) is 12.7 Å². The number of rotatable bonds is 8. The van der Waals surface area contributed by atoms with Crippen LogP contribution in [0.5, 0.6) is 0 Å². The number of nitrogens with one attached hydrogen (secondary N) is 1. The Morgan fingerprint density at radius 1 is 1.25 bits per heavy atom. The van der Waals surface area contributed by atoms with Crippen LogP contribution in [0.2, 0.25) is 10.0 Å². The lowest BCUT2D eigenvalue weighted by Crippen LogP contribution is -2.51. The second-order valence-corrected chi connectivity index (χ2v) is 10.8. The van der Waals surface area contributed by atoms with Gasteiger partial charge in [-0.3, -0.25) is 4.79 Å². The monoisotopic (exact) mass is 498 g/mol. The molecule has 2 unspecified atom stereocenters. The highest BCUT2D eigenvalue weighted by Gasteiger charge is 2.70. The lowest BCUT2D eigenvalue weighted by atomic mass is 10.1. The van der Waals surface area contributed by atoms with E-state index in [-0.39, 0.29) is 31.7 Å². The Kier molecular flexibility index (Phi) is 6.55. The zero-order valence-electron chi connectivity index (χ0n) is 17.4. The number of carbonyl (C=O) groups is 1. The first-order chi connectivity index (χ1) is 15.1. The SMILES string of the molecule is CC1[C@@H](c2ccccc2)[C@]1(NS(=O)(=O)N1CCC(OCc2ccc(Cl)cc2Cl)C1)C(=O)O. The summed E-state index contributed by atoms with van der Waals surface area (Å²) in [5.41, 5.74) is 0.00101. The molecule has 32 heavy (non-hydrogen) atoms. The minimum Gasteiger partial charge on any atom is -0.480 e. The molecule has 4 atom stereocenters. The van der Waals surface area contributed by atoms with Gasteiger partial charge in [-0.2, -0.15) is 17.4 Å². The number of hydrogen-bond donors (Lipinski definition) is 2. The summed E-state index contributed by atoms with van der Waals surface area (Å²) in [4.78, 5) is 12.2. The summed E-state index contributed by atoms with van der Waals surface area (Å²) in [6.45, 7) is 2.36. The second-order valence-electron chi connectivity index (χ2n) is 8.27. The quantitative estimate of drug-likeness (QED) is 0.578. The van der Waals surface area contributed by atoms with E-state index in [4.69, 9.17) is 27.9 Å². The molecule has 2 aliphatic rings. The largest absolute Gasteiger partial charge is 0.480 e. The molecule has 0 spiro atoms. The number of halogens is 2. The van der Waals surface area contributed by atoms with Crippen molar-refractivity contribution in [3.05, 3.63) is 69.7 Å². The minimum absolute atomic E-state index is 0.140. The molecule has 1 saturated carbocycles. The van der Waals surface area contributed by atoms with Gasteiger partial charge in [0, 0.05) is 29.1 Å². The van der Waals surface area contributed by atoms with Crippen molar-refractivity contribution >= 4 is 39.4 Å². The normalized spacial score (nSPS) is 28.0. The lowest BCUT2D eigenvalue weighted by Gasteiger charge is -2.22. The molecule has 2 aromatic rings. The Morgan fingerprint density at radius 3 is 2.62 bits per heavy atom. The van der Waals surface area contributed by atoms with Crippen LogP contribution >= 0.6 is 23.2 Å². The number of carboxylic acids is 1. The molecule has 1 heterocycles. The van der Waals surface area contributed by atoms with E-state index in [0.29, 0.717) is 16.5 Å². The summed E-state index contributed by atoms with van der Waals surface area (Å²) < 4.78 is 35.8. The van der Waals surface area contributed by atoms with Crippen molar-refractivity contribution in [2.45, 2.75) is 37.5 Å². The molecule has 0 radical (unpaired) electrons. The van der Waals surface area contributed by atoms with Crippen molar-refractivity contribution in [2.24, 2.45) is 5.92 Å². The Labute approximate surface area is 197 Å². The van der Waals surface area contributed by atoms with Crippen LogP contribution in [0.1, 0.15) is 30.4 Å². The van der Waals surface area contributed by atoms with Crippen LogP contribution in [0.25, 0.3) is 0 Å². The van der Waals surface area contributed by atoms with Crippen LogP contribution in [-0.4, -0.2) is 48.5 Å². The summed E-state index contributed by atoms with van der Waals surface area (Å²) in [6, 6.07) is 14.2. The molecular formula is C22H24Cl2N2O5S. The van der Waals surface area contributed by atoms with E-state index in [2.05, 4.69) is 4.72 Å². The van der Waals surface area contributed by atoms with Crippen molar-refractivity contribution < 1.29 is 23.1 Å². The number of benzene rings is 2. The van der Waals surface area contributed by atoms with E-state index >= 15 is 0 Å². The molecule has 2 fully saturated rings. The first-order valence-electron chi connectivity index (χ1n) is 10.3. The zero-order valence-corrected chi connectivity index (χ0v) is 19.7. The van der Waals surface area contributed by atoms with Crippen molar-refractivity contribution in [1.82, 2.24) is 9.03 Å². The Balaban J connectivity index is 1.42. The molecule has 7 nitrogen and oxygen atoms in total. The summed E-state index contributed by atoms with van der Waals surface area (Å²) in [5.74, 6) is -1.98. The summed E-state index contributed by atoms with van der Waals surface area (Å²) in [6.07, 6.45) is 0.185. The summed E-state index contributed by atoms with van der Waals surface area (Å²) in [7, 11) is -4.02. The molecule has 172 valence electrons. The van der Waals surface area contributed by atoms with Crippen LogP contribution in [0.3, 0.4) is 0 Å². The van der Waals surface area contributed by atoms with Gasteiger partial charge in [-0.05, 0) is 35.6 Å². The van der Waals surface area contributed by atoms with E-state index in [1.807, 2.05) is 30.3 Å². The number of hydrogen-bond acceptors (Lipinski definition) is 4. The average Bonchev–Trinajstić information content (AvgIpc) is 3.09. The molecule has 2 aromatic carbocycles. The number of carboxylic acid groups (broad SMARTS) is 1. The Bertz CT molecular complexity index is 1110. The number of ether oxygens (including phenoxy) is 1. The van der Waals surface area contributed by atoms with Crippen LogP contribution in [0.15, 0.2) is 48.5 Å². The van der Waals surface area contributed by atoms with Gasteiger partial charge in [-0.1, -0.05) is 66.5 Å². The third-order valence-corrected chi connectivity index (χ3v) is 8.54. The highest BCUT2D eigenvalue weighted by molar-refractivity contribution is 7.87. The molecule has 1 aliphatic carbocycles. The minimum atomic E-state index is -4.02. The standard InChI is InChI=1S/C22H24Cl2N2O5S/c1-14-20(15-5-3-2-4-6-15)22(14,21(27)28)25-32(29,30)26-10-9-18(12-26)31-13-16-7-8-17(23)11-19(16)24/h2-8,11,14,18,20,25H,9-10,12-13H2,1H3,(H,27,28)/t14?,18?,20-,22-/m0/s1. The molecule has 1 aliphatic heterocycles. The van der Waals surface area contributed by atoms with Crippen LogP contribution in [-0.2, 0) is 26.3 Å². The van der Waals surface area contributed by atoms with Gasteiger partial charge >= 0.3 is 5.97 Å². The number of nitrogens with zero attached hydrogens (tertiary/aromatic N) is 1. The first kappa shape index (κ1) is 23.5. The molecule has 0 bridgehead atoms. The summed E-state index contributed by atoms with van der Waals surface area (Å²) in [5, 5.41) is 10.9. The highest BCUT2D eigenvalue weighted by atomic mass is 35.5. The van der Waals surface area contributed by atoms with E-state index in [1.165, 1.54) is 4.31 Å². The average molecular weight is 499 g/mol. The van der Waals surface area contributed by atoms with Crippen molar-refractivity contribution in [2.75, 3.05) is 13.1 Å². The maximum atomic E-state index is 13.1. The van der Waals surface area contributed by atoms with Gasteiger partial charge in [0.2, 0.25) is 0 Å². The Hall–Kier alpha value is -1.68. The maximum absolute atomic E-state index is 13.1. The van der Waals surface area contributed by atoms with Crippen molar-refractivity contribution in [3.8, 4) is 0 Å². The molecule has 0 aromatic heterocycles. The summed E-state index contributed by atoms with van der Waals surface area (Å²) >= 11 is 12.1. The fraction of sp³-hybridized carbons (Fsp3) is 0.409. The molecule has 1 saturated heterocycles. The third-order valence-electron chi connectivity index (χ3n) is 6.35. The molecule has 4 rings (SSSR count). The molecule has 10 heteroatoms. The maximum Gasteiger partial charge on any atom is 0.325 e. The molecule has 2 N–H and O–H groups in total. The number of aliphatic carboxylic acids is 1. The second kappa shape index (κ2) is 8.93. The van der Waals surface area contributed by atoms with Gasteiger partial charge in [-0.15, -0.1) is 0 Å². The van der Waals surface area contributed by atoms with Gasteiger partial charge in [0.25, 0.3) is 10.2 Å². The molecule has 0 amide bonds. The van der Waals surface area contributed by atoms with Gasteiger partial charge in [-0.25, -0.2) is 0 Å². The fourth-order valence-corrected chi connectivity index (χ4v) is 6.60. The van der Waals surface area contributed by atoms with Crippen LogP contribution < -0.4 is 4.72 Å². The van der Waals surface area contributed by atoms with Crippen LogP contribution in [0.4, 0.5) is 0 Å². The van der Waals surface area contributed by atoms with Gasteiger partial charge < -0.3 is 9.84 Å². The van der Waals surface area contributed by atoms with E-state index in [1.54, 1.807) is 25.1 Å². The van der Waals surface area contributed by atoms with E-state index in [0.717, 1.165) is 11.1 Å². The van der Waals surface area contributed by atoms with E-state index in [9.17, 15) is 18.3 Å². The molecular weight excluding hydrogens is 475 g/mol. The van der Waals surface area contributed by atoms with Crippen molar-refractivity contribution in [3.63, 3.8) is 0 Å². The van der Waals surface area contributed by atoms with Crippen LogP contribution in [0, 0.1) is 5.92 Å². The fourth-order valence-electron chi connectivity index (χ4n) is 4.48. The zero-order chi connectivity index (χ0) is 23.1. The highest BCUT2D eigenvalue weighted by Crippen LogP contribution is 2.58. The van der Waals surface area contributed by atoms with Crippen molar-refractivity contribution in [1.29, 1.82) is 0 Å². The third kappa shape index (κ3) is 4.40. The predicted octanol–water partition coefficient (Wildman–Crippen LogP) is 3.68. The van der Waals surface area contributed by atoms with Gasteiger partial charge in [0.1, 0.15) is 5.54 Å². The Morgan fingerprint density at radius 2 is 1.97 bits per heavy atom. The predicted molar refractivity (Wildman–Crippen MR) is 122 cm³/mol. The lowest BCUT2D eigenvalue weighted by molar-refractivity contribution is -0.140. The topological polar surface area (TPSA) is 95.9 Å². The smallest absolute Gasteiger partial charge is 0.325 e. The van der Waals surface area contributed by atoms with E-state index < -0.39 is 27.6 Å². The van der Waals surface area contributed by atoms with Gasteiger partial charge in [0.15, 0.2) is 0 Å². The first-order valence-corrected chi connectivity index (χ1v) is 12.5.